The van der Waals surface area contributed by atoms with E-state index in [1.165, 1.54) is 57.8 Å². The first-order valence-corrected chi connectivity index (χ1v) is 23.1. The lowest BCUT2D eigenvalue weighted by Gasteiger charge is -2.18. The summed E-state index contributed by atoms with van der Waals surface area (Å²) >= 11 is 0. The van der Waals surface area contributed by atoms with E-state index in [4.69, 9.17) is 14.2 Å². The minimum absolute atomic E-state index is 0.134. The Morgan fingerprint density at radius 2 is 0.780 bits per heavy atom. The van der Waals surface area contributed by atoms with Crippen LogP contribution in [0.4, 0.5) is 0 Å². The van der Waals surface area contributed by atoms with Gasteiger partial charge in [0.05, 0.1) is 0 Å². The molecule has 0 aromatic rings. The predicted molar refractivity (Wildman–Crippen MR) is 251 cm³/mol. The van der Waals surface area contributed by atoms with E-state index in [-0.39, 0.29) is 38.0 Å². The molecule has 0 saturated carbocycles. The highest BCUT2D eigenvalue weighted by atomic mass is 16.6. The van der Waals surface area contributed by atoms with Crippen molar-refractivity contribution in [2.75, 3.05) is 13.2 Å². The molecule has 0 fully saturated rings. The lowest BCUT2D eigenvalue weighted by molar-refractivity contribution is -0.166. The molecular formula is C53H82O6. The van der Waals surface area contributed by atoms with Crippen LogP contribution in [0.3, 0.4) is 0 Å². The molecule has 0 radical (unpaired) electrons. The lowest BCUT2D eigenvalue weighted by atomic mass is 10.1. The molecule has 0 bridgehead atoms. The molecule has 0 aliphatic carbocycles. The number of ether oxygens (including phenoxy) is 3. The van der Waals surface area contributed by atoms with E-state index in [1.807, 2.05) is 60.8 Å². The molecule has 6 heteroatoms. The van der Waals surface area contributed by atoms with Crippen molar-refractivity contribution in [1.82, 2.24) is 0 Å². The van der Waals surface area contributed by atoms with E-state index in [1.54, 1.807) is 0 Å². The number of rotatable bonds is 39. The Labute approximate surface area is 361 Å². The van der Waals surface area contributed by atoms with Crippen LogP contribution in [0, 0.1) is 0 Å². The Kier molecular flexibility index (Phi) is 43.2. The second-order valence-electron chi connectivity index (χ2n) is 14.7. The average Bonchev–Trinajstić information content (AvgIpc) is 3.23. The van der Waals surface area contributed by atoms with Gasteiger partial charge >= 0.3 is 17.9 Å². The first-order valence-electron chi connectivity index (χ1n) is 23.1. The zero-order chi connectivity index (χ0) is 43.0. The standard InChI is InChI=1S/C53H82O6/c1-4-7-10-13-16-19-22-25-26-29-31-34-37-40-43-46-52(55)58-49-50(59-53(56)47-44-41-38-35-32-28-24-21-18-15-12-9-6-3)48-57-51(54)45-42-39-36-33-30-27-23-20-17-14-11-8-5-2/h7,9-10,12-13,15-16,18-19,21-22,24,27-28,30,32,35-36,38-39,50H,4-6,8,11,14,17,20,23,25-26,29,31,33-34,37,40-49H2,1-3H3/b10-7+,12-9+,16-13+,18-15+,22-19+,24-21+,30-27+,32-28+,38-35+,39-36+. The quantitative estimate of drug-likeness (QED) is 0.0202. The Morgan fingerprint density at radius 3 is 1.32 bits per heavy atom. The van der Waals surface area contributed by atoms with Crippen molar-refractivity contribution in [3.8, 4) is 0 Å². The van der Waals surface area contributed by atoms with Gasteiger partial charge in [-0.3, -0.25) is 14.4 Å². The fourth-order valence-corrected chi connectivity index (χ4v) is 5.70. The van der Waals surface area contributed by atoms with Gasteiger partial charge in [-0.25, -0.2) is 0 Å². The fourth-order valence-electron chi connectivity index (χ4n) is 5.70. The summed E-state index contributed by atoms with van der Waals surface area (Å²) in [5.74, 6) is -1.10. The zero-order valence-corrected chi connectivity index (χ0v) is 37.5. The fraction of sp³-hybridized carbons (Fsp3) is 0.566. The van der Waals surface area contributed by atoms with Crippen molar-refractivity contribution in [3.05, 3.63) is 122 Å². The zero-order valence-electron chi connectivity index (χ0n) is 37.5. The monoisotopic (exact) mass is 815 g/mol. The largest absolute Gasteiger partial charge is 0.462 e. The van der Waals surface area contributed by atoms with Crippen LogP contribution in [-0.4, -0.2) is 37.2 Å². The Bertz CT molecular complexity index is 1300. The second kappa shape index (κ2) is 46.5. The van der Waals surface area contributed by atoms with Crippen molar-refractivity contribution in [1.29, 1.82) is 0 Å². The Balaban J connectivity index is 4.60. The Hall–Kier alpha value is -4.19. The van der Waals surface area contributed by atoms with Gasteiger partial charge in [-0.15, -0.1) is 0 Å². The van der Waals surface area contributed by atoms with Gasteiger partial charge in [0, 0.05) is 19.3 Å². The summed E-state index contributed by atoms with van der Waals surface area (Å²) < 4.78 is 16.6. The first-order chi connectivity index (χ1) is 29.0. The van der Waals surface area contributed by atoms with E-state index < -0.39 is 12.1 Å². The Morgan fingerprint density at radius 1 is 0.373 bits per heavy atom. The molecule has 0 rings (SSSR count). The van der Waals surface area contributed by atoms with Crippen LogP contribution in [-0.2, 0) is 28.6 Å². The molecule has 0 heterocycles. The second-order valence-corrected chi connectivity index (χ2v) is 14.7. The maximum Gasteiger partial charge on any atom is 0.306 e. The van der Waals surface area contributed by atoms with E-state index in [0.29, 0.717) is 25.7 Å². The van der Waals surface area contributed by atoms with Gasteiger partial charge in [0.2, 0.25) is 0 Å². The molecule has 0 spiro atoms. The average molecular weight is 815 g/mol. The van der Waals surface area contributed by atoms with Crippen molar-refractivity contribution < 1.29 is 28.6 Å². The highest BCUT2D eigenvalue weighted by Crippen LogP contribution is 2.12. The third-order valence-corrected chi connectivity index (χ3v) is 9.13. The van der Waals surface area contributed by atoms with Crippen molar-refractivity contribution in [2.24, 2.45) is 0 Å². The van der Waals surface area contributed by atoms with Gasteiger partial charge in [0.15, 0.2) is 6.10 Å². The minimum atomic E-state index is -0.844. The van der Waals surface area contributed by atoms with Crippen LogP contribution in [0.5, 0.6) is 0 Å². The molecule has 1 atom stereocenters. The van der Waals surface area contributed by atoms with Crippen LogP contribution in [0.2, 0.25) is 0 Å². The lowest BCUT2D eigenvalue weighted by Crippen LogP contribution is -2.30. The number of hydrogen-bond acceptors (Lipinski definition) is 6. The molecule has 0 saturated heterocycles. The number of carbonyl (C=O) groups is 3. The minimum Gasteiger partial charge on any atom is -0.462 e. The van der Waals surface area contributed by atoms with E-state index >= 15 is 0 Å². The SMILES string of the molecule is CC/C=C/C=C/C=C/C=C/C=C/CCCC(=O)OC(COC(=O)CC/C=C/C/C=C/CCCCCCCC)COC(=O)CCCCCCCCC/C=C/C=C/C=C/CC. The maximum absolute atomic E-state index is 12.7. The molecule has 0 amide bonds. The number of esters is 3. The summed E-state index contributed by atoms with van der Waals surface area (Å²) in [6.45, 7) is 6.19. The summed E-state index contributed by atoms with van der Waals surface area (Å²) in [6.07, 6.45) is 63.4. The molecular weight excluding hydrogens is 733 g/mol. The highest BCUT2D eigenvalue weighted by molar-refractivity contribution is 5.71. The summed E-state index contributed by atoms with van der Waals surface area (Å²) in [5, 5.41) is 0. The highest BCUT2D eigenvalue weighted by Gasteiger charge is 2.19. The predicted octanol–water partition coefficient (Wildman–Crippen LogP) is 15.0. The van der Waals surface area contributed by atoms with E-state index in [9.17, 15) is 14.4 Å². The van der Waals surface area contributed by atoms with Gasteiger partial charge in [-0.2, -0.15) is 0 Å². The first kappa shape index (κ1) is 54.8. The number of hydrogen-bond donors (Lipinski definition) is 0. The van der Waals surface area contributed by atoms with Crippen molar-refractivity contribution >= 4 is 17.9 Å². The van der Waals surface area contributed by atoms with Gasteiger partial charge < -0.3 is 14.2 Å². The van der Waals surface area contributed by atoms with Crippen LogP contribution in [0.15, 0.2) is 122 Å². The van der Waals surface area contributed by atoms with Gasteiger partial charge in [0.1, 0.15) is 13.2 Å². The summed E-state index contributed by atoms with van der Waals surface area (Å²) in [4.78, 5) is 37.7. The summed E-state index contributed by atoms with van der Waals surface area (Å²) in [6, 6.07) is 0. The van der Waals surface area contributed by atoms with E-state index in [2.05, 4.69) is 81.5 Å². The van der Waals surface area contributed by atoms with Gasteiger partial charge in [-0.05, 0) is 70.6 Å². The number of carbonyl (C=O) groups excluding carboxylic acids is 3. The number of unbranched alkanes of at least 4 members (excludes halogenated alkanes) is 14. The maximum atomic E-state index is 12.7. The van der Waals surface area contributed by atoms with Gasteiger partial charge in [-0.1, -0.05) is 206 Å². The van der Waals surface area contributed by atoms with Crippen molar-refractivity contribution in [2.45, 2.75) is 181 Å². The smallest absolute Gasteiger partial charge is 0.306 e. The number of allylic oxidation sites excluding steroid dienone is 20. The van der Waals surface area contributed by atoms with E-state index in [0.717, 1.165) is 57.8 Å². The normalized spacial score (nSPS) is 13.2. The van der Waals surface area contributed by atoms with Crippen LogP contribution in [0.1, 0.15) is 175 Å². The molecule has 59 heavy (non-hydrogen) atoms. The summed E-state index contributed by atoms with van der Waals surface area (Å²) in [7, 11) is 0. The molecule has 1 unspecified atom stereocenters. The molecule has 0 aliphatic rings. The molecule has 0 aromatic heterocycles. The topological polar surface area (TPSA) is 78.9 Å². The molecule has 0 aromatic carbocycles. The molecule has 330 valence electrons. The van der Waals surface area contributed by atoms with Crippen LogP contribution < -0.4 is 0 Å². The molecule has 0 N–H and O–H groups in total. The van der Waals surface area contributed by atoms with Crippen LogP contribution in [0.25, 0.3) is 0 Å². The molecule has 6 nitrogen and oxygen atoms in total. The van der Waals surface area contributed by atoms with Crippen LogP contribution >= 0.6 is 0 Å². The summed E-state index contributed by atoms with van der Waals surface area (Å²) in [5.41, 5.74) is 0. The molecule has 0 aliphatic heterocycles. The third-order valence-electron chi connectivity index (χ3n) is 9.13. The van der Waals surface area contributed by atoms with Crippen molar-refractivity contribution in [3.63, 3.8) is 0 Å². The third kappa shape index (κ3) is 44.8. The van der Waals surface area contributed by atoms with Gasteiger partial charge in [0.25, 0.3) is 0 Å².